The molecule has 8 nitrogen and oxygen atoms in total. The summed E-state index contributed by atoms with van der Waals surface area (Å²) in [5.74, 6) is -0.891. The molecule has 1 atom stereocenters. The highest BCUT2D eigenvalue weighted by atomic mass is 31.2. The van der Waals surface area contributed by atoms with Crippen LogP contribution < -0.4 is 0 Å². The van der Waals surface area contributed by atoms with Gasteiger partial charge in [-0.15, -0.1) is 0 Å². The number of allylic oxidation sites excluding steroid dienone is 2. The van der Waals surface area contributed by atoms with E-state index in [1.54, 1.807) is 0 Å². The van der Waals surface area contributed by atoms with Crippen molar-refractivity contribution in [1.29, 1.82) is 0 Å². The third-order valence-corrected chi connectivity index (χ3v) is 8.02. The summed E-state index contributed by atoms with van der Waals surface area (Å²) in [4.78, 5) is 42.5. The van der Waals surface area contributed by atoms with Gasteiger partial charge in [0.15, 0.2) is 6.10 Å². The summed E-state index contributed by atoms with van der Waals surface area (Å²) in [6, 6.07) is 0. The molecule has 0 aromatic carbocycles. The van der Waals surface area contributed by atoms with Gasteiger partial charge in [-0.1, -0.05) is 135 Å². The lowest BCUT2D eigenvalue weighted by atomic mass is 10.0. The topological polar surface area (TPSA) is 119 Å². The standard InChI is InChI=1S/C34H65O8P/c1-3-5-7-9-11-13-15-17-19-20-22-24-26-28-33(35)40-30-32(31-41-43(37,38)39)42-34(36)29-27-25-23-21-18-16-14-12-10-8-6-4-2/h12,14,32H,3-11,13,15-31H2,1-2H3,(H2,37,38,39)/b14-12-. The first-order valence-corrected chi connectivity index (χ1v) is 19.0. The normalized spacial score (nSPS) is 12.6. The van der Waals surface area contributed by atoms with E-state index in [-0.39, 0.29) is 19.4 Å². The molecule has 0 fully saturated rings. The van der Waals surface area contributed by atoms with Crippen LogP contribution in [0, 0.1) is 0 Å². The number of phosphoric acid groups is 1. The Labute approximate surface area is 263 Å². The lowest BCUT2D eigenvalue weighted by Crippen LogP contribution is -2.29. The van der Waals surface area contributed by atoms with E-state index < -0.39 is 32.5 Å². The van der Waals surface area contributed by atoms with E-state index >= 15 is 0 Å². The molecule has 0 aromatic heterocycles. The minimum absolute atomic E-state index is 0.205. The largest absolute Gasteiger partial charge is 0.469 e. The van der Waals surface area contributed by atoms with Gasteiger partial charge in [0.05, 0.1) is 6.61 Å². The predicted octanol–water partition coefficient (Wildman–Crippen LogP) is 9.90. The van der Waals surface area contributed by atoms with Crippen molar-refractivity contribution < 1.29 is 37.9 Å². The molecule has 2 N–H and O–H groups in total. The van der Waals surface area contributed by atoms with Crippen molar-refractivity contribution >= 4 is 19.8 Å². The van der Waals surface area contributed by atoms with Crippen molar-refractivity contribution in [2.45, 2.75) is 180 Å². The summed E-state index contributed by atoms with van der Waals surface area (Å²) in [5, 5.41) is 0. The summed E-state index contributed by atoms with van der Waals surface area (Å²) in [6.45, 7) is 3.64. The molecule has 43 heavy (non-hydrogen) atoms. The molecule has 0 aliphatic heterocycles. The highest BCUT2D eigenvalue weighted by molar-refractivity contribution is 7.46. The van der Waals surface area contributed by atoms with Crippen molar-refractivity contribution in [2.24, 2.45) is 0 Å². The van der Waals surface area contributed by atoms with Crippen LogP contribution in [-0.2, 0) is 28.2 Å². The summed E-state index contributed by atoms with van der Waals surface area (Å²) < 4.78 is 26.2. The molecule has 0 aliphatic carbocycles. The fourth-order valence-corrected chi connectivity index (χ4v) is 5.26. The Bertz CT molecular complexity index is 721. The molecule has 0 saturated carbocycles. The van der Waals surface area contributed by atoms with Crippen molar-refractivity contribution in [3.05, 3.63) is 12.2 Å². The quantitative estimate of drug-likeness (QED) is 0.0325. The van der Waals surface area contributed by atoms with E-state index in [2.05, 4.69) is 30.5 Å². The monoisotopic (exact) mass is 632 g/mol. The lowest BCUT2D eigenvalue weighted by Gasteiger charge is -2.18. The fraction of sp³-hybridized carbons (Fsp3) is 0.882. The molecule has 1 unspecified atom stereocenters. The number of hydrogen-bond acceptors (Lipinski definition) is 6. The summed E-state index contributed by atoms with van der Waals surface area (Å²) >= 11 is 0. The van der Waals surface area contributed by atoms with Gasteiger partial charge in [-0.2, -0.15) is 0 Å². The Balaban J connectivity index is 3.99. The zero-order valence-corrected chi connectivity index (χ0v) is 28.5. The van der Waals surface area contributed by atoms with Crippen molar-refractivity contribution in [3.8, 4) is 0 Å². The molecular formula is C34H65O8P. The number of hydrogen-bond donors (Lipinski definition) is 2. The van der Waals surface area contributed by atoms with Crippen LogP contribution in [0.15, 0.2) is 12.2 Å². The molecule has 9 heteroatoms. The van der Waals surface area contributed by atoms with E-state index in [0.717, 1.165) is 57.8 Å². The zero-order valence-electron chi connectivity index (χ0n) is 27.6. The van der Waals surface area contributed by atoms with Crippen molar-refractivity contribution in [3.63, 3.8) is 0 Å². The van der Waals surface area contributed by atoms with Gasteiger partial charge in [-0.05, 0) is 38.5 Å². The molecule has 0 aliphatic rings. The van der Waals surface area contributed by atoms with Crippen LogP contribution in [0.5, 0.6) is 0 Å². The molecule has 0 radical (unpaired) electrons. The van der Waals surface area contributed by atoms with E-state index in [1.165, 1.54) is 83.5 Å². The minimum Gasteiger partial charge on any atom is -0.462 e. The SMILES string of the molecule is CCCCC/C=C\CCCCCCCC(=O)OC(COC(=O)CCCCCCCCCCCCCCC)COP(=O)(O)O. The number of rotatable bonds is 32. The van der Waals surface area contributed by atoms with Gasteiger partial charge in [0.1, 0.15) is 6.61 Å². The second-order valence-corrected chi connectivity index (χ2v) is 13.1. The average Bonchev–Trinajstić information content (AvgIpc) is 2.97. The maximum Gasteiger partial charge on any atom is 0.469 e. The zero-order chi connectivity index (χ0) is 31.9. The number of esters is 2. The molecule has 254 valence electrons. The van der Waals surface area contributed by atoms with Crippen LogP contribution in [0.25, 0.3) is 0 Å². The van der Waals surface area contributed by atoms with Crippen molar-refractivity contribution in [1.82, 2.24) is 0 Å². The summed E-state index contributed by atoms with van der Waals surface area (Å²) in [7, 11) is -4.74. The smallest absolute Gasteiger partial charge is 0.462 e. The van der Waals surface area contributed by atoms with E-state index in [0.29, 0.717) is 6.42 Å². The highest BCUT2D eigenvalue weighted by Crippen LogP contribution is 2.36. The molecule has 0 spiro atoms. The van der Waals surface area contributed by atoms with Gasteiger partial charge >= 0.3 is 19.8 Å². The number of carbonyl (C=O) groups excluding carboxylic acids is 2. The Kier molecular flexibility index (Phi) is 29.9. The van der Waals surface area contributed by atoms with Crippen LogP contribution in [-0.4, -0.2) is 41.0 Å². The minimum atomic E-state index is -4.74. The van der Waals surface area contributed by atoms with Gasteiger partial charge in [0.2, 0.25) is 0 Å². The Morgan fingerprint density at radius 1 is 0.581 bits per heavy atom. The van der Waals surface area contributed by atoms with Gasteiger partial charge in [-0.25, -0.2) is 4.57 Å². The van der Waals surface area contributed by atoms with Crippen molar-refractivity contribution in [2.75, 3.05) is 13.2 Å². The lowest BCUT2D eigenvalue weighted by molar-refractivity contribution is -0.161. The highest BCUT2D eigenvalue weighted by Gasteiger charge is 2.22. The molecule has 0 rings (SSSR count). The first-order valence-electron chi connectivity index (χ1n) is 17.5. The molecule has 0 saturated heterocycles. The number of ether oxygens (including phenoxy) is 2. The molecule has 0 amide bonds. The van der Waals surface area contributed by atoms with E-state index in [1.807, 2.05) is 0 Å². The molecule has 0 heterocycles. The Hall–Kier alpha value is -1.21. The fourth-order valence-electron chi connectivity index (χ4n) is 4.90. The van der Waals surface area contributed by atoms with Crippen LogP contribution >= 0.6 is 7.82 Å². The van der Waals surface area contributed by atoms with Gasteiger partial charge < -0.3 is 19.3 Å². The number of phosphoric ester groups is 1. The van der Waals surface area contributed by atoms with Gasteiger partial charge in [-0.3, -0.25) is 14.1 Å². The van der Waals surface area contributed by atoms with Crippen LogP contribution in [0.4, 0.5) is 0 Å². The second-order valence-electron chi connectivity index (χ2n) is 11.8. The Morgan fingerprint density at radius 3 is 1.47 bits per heavy atom. The summed E-state index contributed by atoms with van der Waals surface area (Å²) in [6.07, 6.45) is 30.7. The van der Waals surface area contributed by atoms with E-state index in [4.69, 9.17) is 19.3 Å². The van der Waals surface area contributed by atoms with Crippen LogP contribution in [0.1, 0.15) is 174 Å². The van der Waals surface area contributed by atoms with E-state index in [9.17, 15) is 14.2 Å². The van der Waals surface area contributed by atoms with Crippen LogP contribution in [0.3, 0.4) is 0 Å². The maximum absolute atomic E-state index is 12.3. The first kappa shape index (κ1) is 41.8. The second kappa shape index (κ2) is 30.8. The third-order valence-electron chi connectivity index (χ3n) is 7.53. The molecule has 0 aromatic rings. The van der Waals surface area contributed by atoms with Gasteiger partial charge in [0, 0.05) is 12.8 Å². The number of unbranched alkanes of at least 4 members (excludes halogenated alkanes) is 20. The van der Waals surface area contributed by atoms with Gasteiger partial charge in [0.25, 0.3) is 0 Å². The first-order chi connectivity index (χ1) is 20.8. The Morgan fingerprint density at radius 2 is 0.977 bits per heavy atom. The molecular weight excluding hydrogens is 567 g/mol. The average molecular weight is 633 g/mol. The van der Waals surface area contributed by atoms with Crippen LogP contribution in [0.2, 0.25) is 0 Å². The number of carbonyl (C=O) groups is 2. The summed E-state index contributed by atoms with van der Waals surface area (Å²) in [5.41, 5.74) is 0. The molecule has 0 bridgehead atoms. The predicted molar refractivity (Wildman–Crippen MR) is 175 cm³/mol. The third kappa shape index (κ3) is 33.5. The maximum atomic E-state index is 12.3.